The Morgan fingerprint density at radius 3 is 2.25 bits per heavy atom. The average molecular weight is 480 g/mol. The van der Waals surface area contributed by atoms with Crippen LogP contribution in [0.3, 0.4) is 0 Å². The van der Waals surface area contributed by atoms with Crippen molar-refractivity contribution in [1.82, 2.24) is 4.90 Å². The van der Waals surface area contributed by atoms with E-state index in [2.05, 4.69) is 21.2 Å². The highest BCUT2D eigenvalue weighted by Gasteiger charge is 2.18. The van der Waals surface area contributed by atoms with Gasteiger partial charge in [-0.05, 0) is 30.8 Å². The minimum absolute atomic E-state index is 0.308. The third-order valence-electron chi connectivity index (χ3n) is 5.33. The molecule has 1 heterocycles. The summed E-state index contributed by atoms with van der Waals surface area (Å²) in [5, 5.41) is 4.19. The van der Waals surface area contributed by atoms with Crippen LogP contribution in [0, 0.1) is 0 Å². The summed E-state index contributed by atoms with van der Waals surface area (Å²) in [5.41, 5.74) is 1.82. The number of thiocarbonyl (C=S) groups is 1. The number of para-hydroxylation sites is 1. The highest BCUT2D eigenvalue weighted by molar-refractivity contribution is 7.80. The molecule has 1 N–H and O–H groups in total. The predicted octanol–water partition coefficient (Wildman–Crippen LogP) is 4.29. The molecule has 0 unspecified atom stereocenters. The Morgan fingerprint density at radius 2 is 1.66 bits per heavy atom. The second-order valence-electron chi connectivity index (χ2n) is 7.31. The smallest absolute Gasteiger partial charge is 0.261 e. The molecule has 0 amide bonds. The van der Waals surface area contributed by atoms with Gasteiger partial charge >= 0.3 is 0 Å². The summed E-state index contributed by atoms with van der Waals surface area (Å²) in [6.45, 7) is 5.43. The molecule has 1 aliphatic heterocycles. The first-order valence-corrected chi connectivity index (χ1v) is 11.3. The van der Waals surface area contributed by atoms with E-state index in [0.717, 1.165) is 49.9 Å². The molecule has 1 aliphatic rings. The summed E-state index contributed by atoms with van der Waals surface area (Å²) in [6, 6.07) is 11.6. The quantitative estimate of drug-likeness (QED) is 0.422. The van der Waals surface area contributed by atoms with Gasteiger partial charge < -0.3 is 29.2 Å². The van der Waals surface area contributed by atoms with Crippen LogP contribution in [0.25, 0.3) is 0 Å². The summed E-state index contributed by atoms with van der Waals surface area (Å²) in [7, 11) is 4.71. The maximum Gasteiger partial charge on any atom is 0.261 e. The second kappa shape index (κ2) is 12.0. The normalized spacial score (nSPS) is 14.1. The fourth-order valence-electron chi connectivity index (χ4n) is 3.68. The van der Waals surface area contributed by atoms with E-state index in [-0.39, 0.29) is 0 Å². The van der Waals surface area contributed by atoms with Gasteiger partial charge in [-0.25, -0.2) is 0 Å². The zero-order valence-electron chi connectivity index (χ0n) is 18.7. The first kappa shape index (κ1) is 24.2. The number of benzene rings is 2. The van der Waals surface area contributed by atoms with Crippen LogP contribution >= 0.6 is 23.8 Å². The molecule has 7 nitrogen and oxygen atoms in total. The molecule has 0 spiro atoms. The molecule has 0 aliphatic carbocycles. The number of hydrogen-bond acceptors (Lipinski definition) is 7. The number of nitrogens with one attached hydrogen (secondary N) is 1. The van der Waals surface area contributed by atoms with Gasteiger partial charge in [0, 0.05) is 50.5 Å². The molecule has 9 heteroatoms. The summed E-state index contributed by atoms with van der Waals surface area (Å²) in [5.74, 6) is 1.63. The lowest BCUT2D eigenvalue weighted by Gasteiger charge is -2.36. The summed E-state index contributed by atoms with van der Waals surface area (Å²) in [4.78, 5) is 4.78. The van der Waals surface area contributed by atoms with Gasteiger partial charge in [-0.15, -0.1) is 0 Å². The Labute approximate surface area is 200 Å². The molecule has 1 fully saturated rings. The first-order chi connectivity index (χ1) is 15.5. The molecule has 2 aromatic rings. The fraction of sp³-hybridized carbons (Fsp3) is 0.435. The van der Waals surface area contributed by atoms with Gasteiger partial charge in [0.1, 0.15) is 0 Å². The molecule has 0 aromatic heterocycles. The van der Waals surface area contributed by atoms with Crippen LogP contribution in [-0.2, 0) is 4.74 Å². The van der Waals surface area contributed by atoms with Crippen molar-refractivity contribution in [2.75, 3.05) is 70.9 Å². The number of methoxy groups -OCH3 is 3. The van der Waals surface area contributed by atoms with Gasteiger partial charge in [-0.1, -0.05) is 23.7 Å². The van der Waals surface area contributed by atoms with E-state index >= 15 is 0 Å². The van der Waals surface area contributed by atoms with E-state index in [0.29, 0.717) is 34.7 Å². The van der Waals surface area contributed by atoms with E-state index in [1.165, 1.54) is 0 Å². The van der Waals surface area contributed by atoms with Gasteiger partial charge in [0.15, 0.2) is 11.5 Å². The van der Waals surface area contributed by atoms with E-state index in [1.54, 1.807) is 33.5 Å². The number of ether oxygens (including phenoxy) is 4. The van der Waals surface area contributed by atoms with Crippen molar-refractivity contribution in [2.45, 2.75) is 6.42 Å². The Bertz CT molecular complexity index is 882. The number of piperazine rings is 1. The zero-order valence-corrected chi connectivity index (χ0v) is 20.3. The van der Waals surface area contributed by atoms with Crippen molar-refractivity contribution in [3.63, 3.8) is 0 Å². The molecule has 1 saturated heterocycles. The molecule has 3 rings (SSSR count). The molecule has 174 valence electrons. The van der Waals surface area contributed by atoms with Crippen molar-refractivity contribution in [2.24, 2.45) is 0 Å². The van der Waals surface area contributed by atoms with E-state index in [4.69, 9.17) is 42.8 Å². The predicted molar refractivity (Wildman–Crippen MR) is 133 cm³/mol. The van der Waals surface area contributed by atoms with Gasteiger partial charge in [-0.2, -0.15) is 0 Å². The minimum atomic E-state index is 0.308. The highest BCUT2D eigenvalue weighted by atomic mass is 35.5. The van der Waals surface area contributed by atoms with Crippen molar-refractivity contribution in [1.29, 1.82) is 0 Å². The van der Waals surface area contributed by atoms with E-state index in [1.807, 2.05) is 18.2 Å². The lowest BCUT2D eigenvalue weighted by molar-refractivity contribution is 0.222. The molecular weight excluding hydrogens is 450 g/mol. The Hall–Kier alpha value is -2.42. The maximum absolute atomic E-state index is 6.32. The van der Waals surface area contributed by atoms with Crippen LogP contribution in [0.1, 0.15) is 6.42 Å². The Balaban J connectivity index is 1.39. The number of rotatable bonds is 9. The van der Waals surface area contributed by atoms with Crippen LogP contribution in [0.5, 0.6) is 17.2 Å². The summed E-state index contributed by atoms with van der Waals surface area (Å²) in [6.07, 6.45) is 0.892. The molecule has 2 aromatic carbocycles. The average Bonchev–Trinajstić information content (AvgIpc) is 2.82. The van der Waals surface area contributed by atoms with Crippen molar-refractivity contribution >= 4 is 40.4 Å². The van der Waals surface area contributed by atoms with Gasteiger partial charge in [0.25, 0.3) is 5.17 Å². The van der Waals surface area contributed by atoms with Gasteiger partial charge in [0.2, 0.25) is 5.75 Å². The maximum atomic E-state index is 6.32. The summed E-state index contributed by atoms with van der Waals surface area (Å²) < 4.78 is 21.8. The van der Waals surface area contributed by atoms with Crippen LogP contribution in [0.15, 0.2) is 36.4 Å². The Kier molecular flexibility index (Phi) is 9.08. The first-order valence-electron chi connectivity index (χ1n) is 10.5. The molecule has 0 radical (unpaired) electrons. The largest absolute Gasteiger partial charge is 0.493 e. The molecule has 0 saturated carbocycles. The lowest BCUT2D eigenvalue weighted by atomic mass is 10.2. The SMILES string of the molecule is COc1cc(NC(=S)OCCCN2CCN(c3ccccc3Cl)CC2)cc(OC)c1OC. The van der Waals surface area contributed by atoms with E-state index in [9.17, 15) is 0 Å². The number of hydrogen-bond donors (Lipinski definition) is 1. The molecular formula is C23H30ClN3O4S. The van der Waals surface area contributed by atoms with Gasteiger partial charge in [-0.3, -0.25) is 4.90 Å². The van der Waals surface area contributed by atoms with Crippen LogP contribution < -0.4 is 24.4 Å². The van der Waals surface area contributed by atoms with Gasteiger partial charge in [0.05, 0.1) is 38.6 Å². The molecule has 0 atom stereocenters. The molecule has 32 heavy (non-hydrogen) atoms. The molecule has 0 bridgehead atoms. The fourth-order valence-corrected chi connectivity index (χ4v) is 4.14. The van der Waals surface area contributed by atoms with Crippen molar-refractivity contribution in [3.8, 4) is 17.2 Å². The highest BCUT2D eigenvalue weighted by Crippen LogP contribution is 2.39. The van der Waals surface area contributed by atoms with Crippen molar-refractivity contribution in [3.05, 3.63) is 41.4 Å². The second-order valence-corrected chi connectivity index (χ2v) is 8.09. The number of anilines is 2. The lowest BCUT2D eigenvalue weighted by Crippen LogP contribution is -2.46. The van der Waals surface area contributed by atoms with Crippen LogP contribution in [0.2, 0.25) is 5.02 Å². The monoisotopic (exact) mass is 479 g/mol. The van der Waals surface area contributed by atoms with Crippen LogP contribution in [-0.4, -0.2) is 70.7 Å². The third-order valence-corrected chi connectivity index (χ3v) is 5.87. The van der Waals surface area contributed by atoms with Crippen molar-refractivity contribution < 1.29 is 18.9 Å². The standard InChI is InChI=1S/C23H30ClN3O4S/c1-28-20-15-17(16-21(29-2)22(20)30-3)25-23(32)31-14-6-9-26-10-12-27(13-11-26)19-8-5-4-7-18(19)24/h4-5,7-8,15-16H,6,9-14H2,1-3H3,(H,25,32). The number of halogens is 1. The Morgan fingerprint density at radius 1 is 1.00 bits per heavy atom. The number of nitrogens with zero attached hydrogens (tertiary/aromatic N) is 2. The van der Waals surface area contributed by atoms with E-state index < -0.39 is 0 Å². The topological polar surface area (TPSA) is 55.4 Å². The minimum Gasteiger partial charge on any atom is -0.493 e. The van der Waals surface area contributed by atoms with Crippen LogP contribution in [0.4, 0.5) is 11.4 Å². The zero-order chi connectivity index (χ0) is 22.9. The summed E-state index contributed by atoms with van der Waals surface area (Å²) >= 11 is 11.7. The third kappa shape index (κ3) is 6.31.